The van der Waals surface area contributed by atoms with Crippen LogP contribution >= 0.6 is 36.6 Å². The number of hydrogen-bond acceptors (Lipinski definition) is 5. The Labute approximate surface area is 174 Å². The molecular formula is C18H22Cl2FN3O2S. The van der Waals surface area contributed by atoms with Crippen LogP contribution in [0.15, 0.2) is 42.7 Å². The minimum Gasteiger partial charge on any atom is -0.453 e. The number of rotatable bonds is 6. The third-order valence-electron chi connectivity index (χ3n) is 3.78. The number of hydrogen-bond donors (Lipinski definition) is 2. The van der Waals surface area contributed by atoms with E-state index in [-0.39, 0.29) is 42.5 Å². The molecule has 1 amide bonds. The number of nitrogens with one attached hydrogen (secondary N) is 2. The Morgan fingerprint density at radius 3 is 2.89 bits per heavy atom. The van der Waals surface area contributed by atoms with Gasteiger partial charge in [-0.05, 0) is 29.8 Å². The Hall–Kier alpha value is -1.54. The summed E-state index contributed by atoms with van der Waals surface area (Å²) in [5.41, 5.74) is 0.690. The summed E-state index contributed by atoms with van der Waals surface area (Å²) >= 11 is 1.85. The third kappa shape index (κ3) is 7.54. The van der Waals surface area contributed by atoms with Crippen molar-refractivity contribution in [2.75, 3.05) is 18.1 Å². The monoisotopic (exact) mass is 433 g/mol. The van der Waals surface area contributed by atoms with Gasteiger partial charge in [0.25, 0.3) is 0 Å². The number of thioether (sulfide) groups is 1. The third-order valence-corrected chi connectivity index (χ3v) is 4.91. The summed E-state index contributed by atoms with van der Waals surface area (Å²) in [6.45, 7) is 1.23. The molecule has 9 heteroatoms. The minimum atomic E-state index is -0.471. The summed E-state index contributed by atoms with van der Waals surface area (Å²) in [5, 5.41) is 6.16. The normalized spacial score (nSPS) is 15.8. The van der Waals surface area contributed by atoms with Gasteiger partial charge >= 0.3 is 0 Å². The van der Waals surface area contributed by atoms with Crippen molar-refractivity contribution in [1.82, 2.24) is 15.6 Å². The number of nitrogens with zero attached hydrogens (tertiary/aromatic N) is 1. The molecular weight excluding hydrogens is 412 g/mol. The van der Waals surface area contributed by atoms with Crippen LogP contribution in [0.25, 0.3) is 0 Å². The average molecular weight is 434 g/mol. The van der Waals surface area contributed by atoms with Crippen molar-refractivity contribution in [3.8, 4) is 11.5 Å². The molecule has 0 bridgehead atoms. The second-order valence-corrected chi connectivity index (χ2v) is 6.91. The molecule has 1 aromatic carbocycles. The Balaban J connectivity index is 0.00000182. The summed E-state index contributed by atoms with van der Waals surface area (Å²) in [5.74, 6) is 2.14. The highest BCUT2D eigenvalue weighted by Gasteiger charge is 2.16. The van der Waals surface area contributed by atoms with Gasteiger partial charge in [0.1, 0.15) is 5.75 Å². The molecule has 2 N–H and O–H groups in total. The van der Waals surface area contributed by atoms with E-state index < -0.39 is 5.82 Å². The first kappa shape index (κ1) is 23.5. The molecule has 0 aliphatic carbocycles. The molecule has 1 aliphatic heterocycles. The smallest absolute Gasteiger partial charge is 0.221 e. The summed E-state index contributed by atoms with van der Waals surface area (Å²) in [6.07, 6.45) is 3.58. The zero-order chi connectivity index (χ0) is 17.5. The maximum absolute atomic E-state index is 14.2. The highest BCUT2D eigenvalue weighted by molar-refractivity contribution is 7.99. The van der Waals surface area contributed by atoms with Crippen LogP contribution in [0, 0.1) is 5.82 Å². The van der Waals surface area contributed by atoms with Crippen LogP contribution in [0.3, 0.4) is 0 Å². The van der Waals surface area contributed by atoms with Crippen molar-refractivity contribution in [2.24, 2.45) is 0 Å². The zero-order valence-electron chi connectivity index (χ0n) is 14.5. The highest BCUT2D eigenvalue weighted by atomic mass is 35.5. The van der Waals surface area contributed by atoms with Crippen LogP contribution in [0.1, 0.15) is 12.0 Å². The van der Waals surface area contributed by atoms with E-state index in [0.29, 0.717) is 24.3 Å². The summed E-state index contributed by atoms with van der Waals surface area (Å²) in [6, 6.07) is 8.31. The lowest BCUT2D eigenvalue weighted by Crippen LogP contribution is -2.41. The van der Waals surface area contributed by atoms with E-state index in [0.717, 1.165) is 18.1 Å². The number of benzene rings is 1. The Morgan fingerprint density at radius 2 is 2.22 bits per heavy atom. The first-order valence-electron chi connectivity index (χ1n) is 8.15. The van der Waals surface area contributed by atoms with E-state index >= 15 is 0 Å². The molecule has 0 spiro atoms. The minimum absolute atomic E-state index is 0. The molecule has 1 atom stereocenters. The lowest BCUT2D eigenvalue weighted by atomic mass is 10.2. The summed E-state index contributed by atoms with van der Waals surface area (Å²) in [4.78, 5) is 15.9. The van der Waals surface area contributed by atoms with Gasteiger partial charge in [0, 0.05) is 43.3 Å². The second-order valence-electron chi connectivity index (χ2n) is 5.76. The predicted octanol–water partition coefficient (Wildman–Crippen LogP) is 3.57. The average Bonchev–Trinajstić information content (AvgIpc) is 2.64. The quantitative estimate of drug-likeness (QED) is 0.728. The van der Waals surface area contributed by atoms with Crippen LogP contribution in [0.4, 0.5) is 4.39 Å². The van der Waals surface area contributed by atoms with E-state index in [2.05, 4.69) is 15.6 Å². The fraction of sp³-hybridized carbons (Fsp3) is 0.333. The van der Waals surface area contributed by atoms with Crippen LogP contribution in [0.2, 0.25) is 0 Å². The van der Waals surface area contributed by atoms with Gasteiger partial charge in [0.2, 0.25) is 5.91 Å². The molecule has 3 rings (SSSR count). The van der Waals surface area contributed by atoms with Crippen LogP contribution in [-0.4, -0.2) is 35.0 Å². The number of ether oxygens (including phenoxy) is 1. The molecule has 5 nitrogen and oxygen atoms in total. The number of aromatic nitrogens is 1. The van der Waals surface area contributed by atoms with Gasteiger partial charge in [-0.3, -0.25) is 9.78 Å². The fourth-order valence-corrected chi connectivity index (χ4v) is 3.47. The molecule has 1 fully saturated rings. The predicted molar refractivity (Wildman–Crippen MR) is 111 cm³/mol. The topological polar surface area (TPSA) is 63.2 Å². The highest BCUT2D eigenvalue weighted by Crippen LogP contribution is 2.24. The van der Waals surface area contributed by atoms with Crippen molar-refractivity contribution < 1.29 is 13.9 Å². The van der Waals surface area contributed by atoms with Gasteiger partial charge in [0.05, 0.1) is 6.20 Å². The SMILES string of the molecule is Cl.Cl.O=C(CC1CSCCN1)NCc1ccc(Oc2cccnc2)c(F)c1. The number of halogens is 3. The van der Waals surface area contributed by atoms with E-state index in [1.807, 2.05) is 11.8 Å². The Morgan fingerprint density at radius 1 is 1.37 bits per heavy atom. The molecule has 2 heterocycles. The van der Waals surface area contributed by atoms with Gasteiger partial charge < -0.3 is 15.4 Å². The van der Waals surface area contributed by atoms with Crippen molar-refractivity contribution in [1.29, 1.82) is 0 Å². The first-order chi connectivity index (χ1) is 12.2. The van der Waals surface area contributed by atoms with E-state index in [1.54, 1.807) is 30.5 Å². The molecule has 1 aromatic heterocycles. The van der Waals surface area contributed by atoms with Crippen molar-refractivity contribution in [3.63, 3.8) is 0 Å². The summed E-state index contributed by atoms with van der Waals surface area (Å²) in [7, 11) is 0. The second kappa shape index (κ2) is 12.0. The molecule has 2 aromatic rings. The number of amides is 1. The van der Waals surface area contributed by atoms with Gasteiger partial charge in [0.15, 0.2) is 11.6 Å². The Kier molecular flexibility index (Phi) is 10.5. The van der Waals surface area contributed by atoms with Gasteiger partial charge in [-0.25, -0.2) is 4.39 Å². The molecule has 1 unspecified atom stereocenters. The molecule has 1 aliphatic rings. The van der Waals surface area contributed by atoms with Gasteiger partial charge in [-0.2, -0.15) is 11.8 Å². The summed E-state index contributed by atoms with van der Waals surface area (Å²) < 4.78 is 19.6. The van der Waals surface area contributed by atoms with Crippen molar-refractivity contribution >= 4 is 42.5 Å². The van der Waals surface area contributed by atoms with E-state index in [1.165, 1.54) is 12.3 Å². The van der Waals surface area contributed by atoms with Gasteiger partial charge in [-0.15, -0.1) is 24.8 Å². The first-order valence-corrected chi connectivity index (χ1v) is 9.30. The van der Waals surface area contributed by atoms with Crippen molar-refractivity contribution in [2.45, 2.75) is 19.0 Å². The maximum Gasteiger partial charge on any atom is 0.221 e. The van der Waals surface area contributed by atoms with Crippen LogP contribution < -0.4 is 15.4 Å². The number of pyridine rings is 1. The van der Waals surface area contributed by atoms with Crippen LogP contribution in [0.5, 0.6) is 11.5 Å². The largest absolute Gasteiger partial charge is 0.453 e. The number of carbonyl (C=O) groups is 1. The van der Waals surface area contributed by atoms with Crippen molar-refractivity contribution in [3.05, 3.63) is 54.1 Å². The maximum atomic E-state index is 14.2. The van der Waals surface area contributed by atoms with E-state index in [9.17, 15) is 9.18 Å². The molecule has 1 saturated heterocycles. The lowest BCUT2D eigenvalue weighted by Gasteiger charge is -2.22. The fourth-order valence-electron chi connectivity index (χ4n) is 2.52. The molecule has 27 heavy (non-hydrogen) atoms. The van der Waals surface area contributed by atoms with Crippen LogP contribution in [-0.2, 0) is 11.3 Å². The van der Waals surface area contributed by atoms with Gasteiger partial charge in [-0.1, -0.05) is 6.07 Å². The zero-order valence-corrected chi connectivity index (χ0v) is 17.0. The lowest BCUT2D eigenvalue weighted by molar-refractivity contribution is -0.121. The molecule has 0 radical (unpaired) electrons. The number of carbonyl (C=O) groups excluding carboxylic acids is 1. The Bertz CT molecular complexity index is 719. The van der Waals surface area contributed by atoms with E-state index in [4.69, 9.17) is 4.74 Å². The molecule has 148 valence electrons. The molecule has 0 saturated carbocycles. The standard InChI is InChI=1S/C18H20FN3O2S.2ClH/c19-16-8-13(3-4-17(16)24-15-2-1-5-20-11-15)10-22-18(23)9-14-12-25-7-6-21-14;;/h1-5,8,11,14,21H,6-7,9-10,12H2,(H,22,23);2*1H.